The van der Waals surface area contributed by atoms with Crippen LogP contribution in [-0.2, 0) is 19.1 Å². The molecule has 1 atom stereocenters. The number of carbonyl (C=O) groups is 2. The normalized spacial score (nSPS) is 15.3. The molecule has 1 aliphatic rings. The van der Waals surface area contributed by atoms with E-state index in [4.69, 9.17) is 22.3 Å². The summed E-state index contributed by atoms with van der Waals surface area (Å²) in [7, 11) is 0. The Morgan fingerprint density at radius 1 is 0.889 bits per heavy atom. The fraction of sp³-hybridized carbons (Fsp3) is 0.407. The monoisotopic (exact) mass is 525 g/mol. The maximum atomic E-state index is 13.3. The van der Waals surface area contributed by atoms with Gasteiger partial charge in [-0.05, 0) is 38.1 Å². The van der Waals surface area contributed by atoms with Crippen LogP contribution in [0.3, 0.4) is 0 Å². The Morgan fingerprint density at radius 3 is 2.00 bits per heavy atom. The molecule has 1 aliphatic carbocycles. The highest BCUT2D eigenvalue weighted by atomic mass is 32.1. The average molecular weight is 526 g/mol. The number of hydrogen-bond donors (Lipinski definition) is 0. The average Bonchev–Trinajstić information content (AvgIpc) is 3.59. The third-order valence-corrected chi connectivity index (χ3v) is 8.10. The minimum atomic E-state index is -1.09. The Hall–Kier alpha value is -3.08. The zero-order valence-electron chi connectivity index (χ0n) is 20.5. The predicted molar refractivity (Wildman–Crippen MR) is 143 cm³/mol. The summed E-state index contributed by atoms with van der Waals surface area (Å²) in [6.45, 7) is 8.14. The lowest BCUT2D eigenvalue weighted by Crippen LogP contribution is -2.26. The van der Waals surface area contributed by atoms with E-state index in [-0.39, 0.29) is 18.8 Å². The third kappa shape index (κ3) is 6.18. The Bertz CT molecular complexity index is 1180. The first-order chi connectivity index (χ1) is 17.5. The van der Waals surface area contributed by atoms with Crippen LogP contribution in [0.15, 0.2) is 30.0 Å². The van der Waals surface area contributed by atoms with Crippen molar-refractivity contribution in [3.63, 3.8) is 0 Å². The quantitative estimate of drug-likeness (QED) is 0.213. The van der Waals surface area contributed by atoms with Crippen molar-refractivity contribution >= 4 is 49.8 Å². The predicted octanol–water partition coefficient (Wildman–Crippen LogP) is 2.77. The molecule has 2 aromatic rings. The number of anilines is 2. The molecule has 0 aliphatic heterocycles. The van der Waals surface area contributed by atoms with Gasteiger partial charge < -0.3 is 24.4 Å². The van der Waals surface area contributed by atoms with E-state index in [1.807, 2.05) is 26.0 Å². The number of thiophene rings is 2. The third-order valence-electron chi connectivity index (χ3n) is 5.73. The molecule has 9 heteroatoms. The van der Waals surface area contributed by atoms with Crippen LogP contribution in [0.25, 0.3) is 5.57 Å². The second kappa shape index (κ2) is 13.3. The molecule has 3 rings (SSSR count). The molecule has 2 heterocycles. The largest absolute Gasteiger partial charge is 0.870 e. The van der Waals surface area contributed by atoms with Gasteiger partial charge in [0.2, 0.25) is 0 Å². The second-order valence-corrected chi connectivity index (χ2v) is 10.0. The molecule has 190 valence electrons. The first-order valence-corrected chi connectivity index (χ1v) is 13.3. The first-order valence-electron chi connectivity index (χ1n) is 11.7. The van der Waals surface area contributed by atoms with E-state index in [1.165, 1.54) is 22.7 Å². The van der Waals surface area contributed by atoms with Gasteiger partial charge in [0.1, 0.15) is 19.1 Å². The number of hydrogen-bond acceptors (Lipinski definition) is 9. The number of likely N-dealkylation sites (N-methyl/N-ethyl adjacent to an activating group) is 2. The van der Waals surface area contributed by atoms with Crippen molar-refractivity contribution in [2.75, 3.05) is 62.4 Å². The van der Waals surface area contributed by atoms with Gasteiger partial charge >= 0.3 is 0 Å². The van der Waals surface area contributed by atoms with Crippen LogP contribution >= 0.6 is 22.7 Å². The molecule has 0 N–H and O–H groups in total. The van der Waals surface area contributed by atoms with E-state index in [1.54, 1.807) is 12.1 Å². The Morgan fingerprint density at radius 2 is 1.44 bits per heavy atom. The van der Waals surface area contributed by atoms with Gasteiger partial charge in [-0.3, -0.25) is 9.59 Å². The smallest absolute Gasteiger partial charge is 0.179 e. The van der Waals surface area contributed by atoms with Crippen molar-refractivity contribution in [3.05, 3.63) is 39.8 Å². The molecule has 0 saturated heterocycles. The second-order valence-electron chi connectivity index (χ2n) is 7.85. The molecule has 0 fully saturated rings. The topological polar surface area (TPSA) is 82.1 Å². The van der Waals surface area contributed by atoms with E-state index in [9.17, 15) is 14.7 Å². The lowest BCUT2D eigenvalue weighted by Gasteiger charge is -2.20. The van der Waals surface area contributed by atoms with E-state index in [0.717, 1.165) is 23.1 Å². The van der Waals surface area contributed by atoms with Crippen LogP contribution in [0.4, 0.5) is 10.0 Å². The summed E-state index contributed by atoms with van der Waals surface area (Å²) in [5, 5.41) is 14.7. The van der Waals surface area contributed by atoms with Crippen LogP contribution in [0, 0.1) is 24.7 Å². The number of carbonyl (C=O) groups excluding carboxylic acids is 2. The van der Waals surface area contributed by atoms with Crippen molar-refractivity contribution in [1.82, 2.24) is 0 Å². The van der Waals surface area contributed by atoms with E-state index >= 15 is 0 Å². The van der Waals surface area contributed by atoms with E-state index in [2.05, 4.69) is 21.6 Å². The molecule has 0 aromatic carbocycles. The minimum Gasteiger partial charge on any atom is -0.870 e. The highest BCUT2D eigenvalue weighted by molar-refractivity contribution is 7.18. The van der Waals surface area contributed by atoms with Gasteiger partial charge in [-0.25, -0.2) is 0 Å². The lowest BCUT2D eigenvalue weighted by molar-refractivity contribution is -0.296. The molecule has 0 saturated carbocycles. The number of ketones is 2. The molecule has 1 unspecified atom stereocenters. The molecule has 2 aromatic heterocycles. The number of nitrogens with zero attached hydrogens (tertiary/aromatic N) is 2. The van der Waals surface area contributed by atoms with Gasteiger partial charge in [0.25, 0.3) is 0 Å². The van der Waals surface area contributed by atoms with Crippen LogP contribution in [0.2, 0.25) is 0 Å². The molecule has 7 nitrogen and oxygen atoms in total. The molecule has 0 radical (unpaired) electrons. The van der Waals surface area contributed by atoms with Gasteiger partial charge in [-0.2, -0.15) is 0 Å². The van der Waals surface area contributed by atoms with Crippen LogP contribution in [0.5, 0.6) is 0 Å². The summed E-state index contributed by atoms with van der Waals surface area (Å²) >= 11 is 2.68. The minimum absolute atomic E-state index is 0.0223. The Labute approximate surface area is 220 Å². The fourth-order valence-corrected chi connectivity index (χ4v) is 6.22. The summed E-state index contributed by atoms with van der Waals surface area (Å²) in [6, 6.07) is 7.23. The van der Waals surface area contributed by atoms with Crippen molar-refractivity contribution in [3.8, 4) is 24.7 Å². The fourth-order valence-electron chi connectivity index (χ4n) is 3.88. The van der Waals surface area contributed by atoms with E-state index in [0.29, 0.717) is 36.1 Å². The van der Waals surface area contributed by atoms with Crippen LogP contribution < -0.4 is 14.9 Å². The highest BCUT2D eigenvalue weighted by Gasteiger charge is 2.40. The Balaban J connectivity index is 1.74. The van der Waals surface area contributed by atoms with E-state index < -0.39 is 23.2 Å². The van der Waals surface area contributed by atoms with Crippen molar-refractivity contribution in [2.24, 2.45) is 0 Å². The summed E-state index contributed by atoms with van der Waals surface area (Å²) in [6.07, 6.45) is 10.4. The zero-order chi connectivity index (χ0) is 26.1. The molecule has 0 amide bonds. The van der Waals surface area contributed by atoms with Crippen molar-refractivity contribution < 1.29 is 24.2 Å². The maximum absolute atomic E-state index is 13.3. The standard InChI is InChI=1S/C27H30N2O5S2/c1-5-15-33-17-13-28(7-3)21-11-9-19(35-21)23-25(30)24(27(32)26(23)31)20-10-12-22(36-20)29(8-4)14-18-34-16-6-2/h1-2,9-12,23,32H,7-8,13-18H2,3-4H3/p-1. The van der Waals surface area contributed by atoms with Gasteiger partial charge in [0, 0.05) is 41.5 Å². The zero-order valence-corrected chi connectivity index (χ0v) is 22.1. The first kappa shape index (κ1) is 27.5. The molecular weight excluding hydrogens is 496 g/mol. The maximum Gasteiger partial charge on any atom is 0.179 e. The molecule has 0 bridgehead atoms. The van der Waals surface area contributed by atoms with Crippen molar-refractivity contribution in [1.29, 1.82) is 0 Å². The van der Waals surface area contributed by atoms with Gasteiger partial charge in [-0.1, -0.05) is 17.6 Å². The summed E-state index contributed by atoms with van der Waals surface area (Å²) in [5.41, 5.74) is -0.0223. The molecular formula is C27H29N2O5S2-. The van der Waals surface area contributed by atoms with Gasteiger partial charge in [0.05, 0.1) is 23.2 Å². The van der Waals surface area contributed by atoms with Crippen LogP contribution in [0.1, 0.15) is 29.5 Å². The number of allylic oxidation sites excluding steroid dienone is 2. The van der Waals surface area contributed by atoms with Crippen molar-refractivity contribution in [2.45, 2.75) is 19.8 Å². The highest BCUT2D eigenvalue weighted by Crippen LogP contribution is 2.43. The summed E-state index contributed by atoms with van der Waals surface area (Å²) < 4.78 is 10.7. The Kier molecular flexibility index (Phi) is 10.2. The van der Waals surface area contributed by atoms with Crippen LogP contribution in [-0.4, -0.2) is 64.2 Å². The SMILES string of the molecule is C#CCOCCN(CC)c1ccc(C2=C([O-])C(=O)C(c3ccc(N(CC)CCOCC#C)s3)C2=O)s1. The molecule has 0 spiro atoms. The summed E-state index contributed by atoms with van der Waals surface area (Å²) in [5.74, 6) is 1.95. The van der Waals surface area contributed by atoms with Gasteiger partial charge in [0.15, 0.2) is 11.6 Å². The summed E-state index contributed by atoms with van der Waals surface area (Å²) in [4.78, 5) is 31.5. The number of rotatable bonds is 14. The van der Waals surface area contributed by atoms with Gasteiger partial charge in [-0.15, -0.1) is 35.5 Å². The number of ether oxygens (including phenoxy) is 2. The number of Topliss-reactive ketones (excluding diaryl/α,β-unsaturated/α-hetero) is 2. The lowest BCUT2D eigenvalue weighted by atomic mass is 10.0. The number of terminal acetylenes is 2. The molecule has 36 heavy (non-hydrogen) atoms.